The second-order valence-corrected chi connectivity index (χ2v) is 6.71. The molecular weight excluding hydrogens is 410 g/mol. The molecule has 0 bridgehead atoms. The van der Waals surface area contributed by atoms with Crippen LogP contribution in [0.25, 0.3) is 0 Å². The normalized spacial score (nSPS) is 20.2. The number of nitrogens with zero attached hydrogens (tertiary/aromatic N) is 1. The summed E-state index contributed by atoms with van der Waals surface area (Å²) in [6, 6.07) is 5.56. The van der Waals surface area contributed by atoms with Gasteiger partial charge in [0.2, 0.25) is 0 Å². The van der Waals surface area contributed by atoms with Gasteiger partial charge in [-0.25, -0.2) is 0 Å². The lowest BCUT2D eigenvalue weighted by atomic mass is 9.92. The number of benzene rings is 1. The van der Waals surface area contributed by atoms with Crippen LogP contribution < -0.4 is 5.73 Å². The van der Waals surface area contributed by atoms with E-state index in [4.69, 9.17) is 17.3 Å². The van der Waals surface area contributed by atoms with Crippen LogP contribution in [-0.2, 0) is 0 Å². The second kappa shape index (κ2) is 7.82. The van der Waals surface area contributed by atoms with Gasteiger partial charge in [-0.1, -0.05) is 11.6 Å². The number of likely N-dealkylation sites (tertiary alicyclic amines) is 1. The lowest BCUT2D eigenvalue weighted by Crippen LogP contribution is -2.45. The van der Waals surface area contributed by atoms with Crippen LogP contribution in [0.3, 0.4) is 0 Å². The van der Waals surface area contributed by atoms with Crippen molar-refractivity contribution in [2.45, 2.75) is 25.8 Å². The van der Waals surface area contributed by atoms with Gasteiger partial charge in [-0.05, 0) is 66.5 Å². The van der Waals surface area contributed by atoms with Crippen LogP contribution in [-0.4, -0.2) is 29.9 Å². The number of nitrogens with two attached hydrogens (primary N) is 1. The highest BCUT2D eigenvalue weighted by atomic mass is 127. The Bertz CT molecular complexity index is 482. The lowest BCUT2D eigenvalue weighted by molar-refractivity contribution is 0.0661. The molecule has 0 radical (unpaired) electrons. The molecule has 1 amide bonds. The fraction of sp³-hybridized carbons (Fsp3) is 0.500. The number of hydrogen-bond acceptors (Lipinski definition) is 2. The molecule has 20 heavy (non-hydrogen) atoms. The SMILES string of the molecule is CC(N)C1CCCN(C(=O)c2ccc(Cl)c(I)c2)C1.Cl. The van der Waals surface area contributed by atoms with E-state index in [-0.39, 0.29) is 24.4 Å². The van der Waals surface area contributed by atoms with E-state index >= 15 is 0 Å². The zero-order chi connectivity index (χ0) is 14.0. The smallest absolute Gasteiger partial charge is 0.253 e. The Morgan fingerprint density at radius 3 is 2.85 bits per heavy atom. The number of hydrogen-bond donors (Lipinski definition) is 1. The Morgan fingerprint density at radius 1 is 1.55 bits per heavy atom. The third-order valence-electron chi connectivity index (χ3n) is 3.66. The number of carbonyl (C=O) groups is 1. The minimum atomic E-state index is 0. The maximum Gasteiger partial charge on any atom is 0.253 e. The minimum absolute atomic E-state index is 0. The van der Waals surface area contributed by atoms with Crippen molar-refractivity contribution in [3.05, 3.63) is 32.4 Å². The first-order valence-electron chi connectivity index (χ1n) is 6.49. The molecule has 2 unspecified atom stereocenters. The van der Waals surface area contributed by atoms with Gasteiger partial charge in [-0.2, -0.15) is 0 Å². The molecule has 0 aromatic heterocycles. The average molecular weight is 429 g/mol. The Kier molecular flexibility index (Phi) is 7.04. The molecule has 0 aliphatic carbocycles. The molecule has 2 atom stereocenters. The molecular formula is C14H19Cl2IN2O. The molecule has 1 fully saturated rings. The fourth-order valence-electron chi connectivity index (χ4n) is 2.44. The zero-order valence-corrected chi connectivity index (χ0v) is 15.0. The Morgan fingerprint density at radius 2 is 2.25 bits per heavy atom. The van der Waals surface area contributed by atoms with Crippen molar-refractivity contribution >= 4 is 52.5 Å². The van der Waals surface area contributed by atoms with Crippen molar-refractivity contribution in [1.29, 1.82) is 0 Å². The maximum absolute atomic E-state index is 12.5. The number of piperidine rings is 1. The molecule has 1 saturated heterocycles. The summed E-state index contributed by atoms with van der Waals surface area (Å²) in [5.74, 6) is 0.490. The standard InChI is InChI=1S/C14H18ClIN2O.ClH/c1-9(17)11-3-2-6-18(8-11)14(19)10-4-5-12(15)13(16)7-10;/h4-5,7,9,11H,2-3,6,8,17H2,1H3;1H. The molecule has 1 aromatic carbocycles. The molecule has 1 aliphatic rings. The van der Waals surface area contributed by atoms with Crippen molar-refractivity contribution < 1.29 is 4.79 Å². The molecule has 6 heteroatoms. The minimum Gasteiger partial charge on any atom is -0.338 e. The van der Waals surface area contributed by atoms with Gasteiger partial charge < -0.3 is 10.6 Å². The first kappa shape index (κ1) is 18.0. The first-order valence-corrected chi connectivity index (χ1v) is 7.94. The van der Waals surface area contributed by atoms with Gasteiger partial charge in [0.15, 0.2) is 0 Å². The number of halogens is 3. The molecule has 112 valence electrons. The largest absolute Gasteiger partial charge is 0.338 e. The summed E-state index contributed by atoms with van der Waals surface area (Å²) in [5, 5.41) is 0.684. The van der Waals surface area contributed by atoms with E-state index < -0.39 is 0 Å². The summed E-state index contributed by atoms with van der Waals surface area (Å²) in [6.45, 7) is 3.60. The van der Waals surface area contributed by atoms with Crippen molar-refractivity contribution in [3.63, 3.8) is 0 Å². The molecule has 3 nitrogen and oxygen atoms in total. The molecule has 1 aliphatic heterocycles. The van der Waals surface area contributed by atoms with E-state index in [1.54, 1.807) is 12.1 Å². The second-order valence-electron chi connectivity index (χ2n) is 5.14. The third kappa shape index (κ3) is 4.23. The summed E-state index contributed by atoms with van der Waals surface area (Å²) in [6.07, 6.45) is 2.14. The van der Waals surface area contributed by atoms with E-state index in [1.165, 1.54) is 0 Å². The van der Waals surface area contributed by atoms with Gasteiger partial charge in [0.25, 0.3) is 5.91 Å². The van der Waals surface area contributed by atoms with Crippen LogP contribution in [0.5, 0.6) is 0 Å². The Balaban J connectivity index is 0.00000200. The molecule has 1 aromatic rings. The highest BCUT2D eigenvalue weighted by molar-refractivity contribution is 14.1. The zero-order valence-electron chi connectivity index (χ0n) is 11.3. The van der Waals surface area contributed by atoms with E-state index in [0.29, 0.717) is 16.5 Å². The van der Waals surface area contributed by atoms with Gasteiger partial charge in [-0.15, -0.1) is 12.4 Å². The van der Waals surface area contributed by atoms with Crippen molar-refractivity contribution in [3.8, 4) is 0 Å². The molecule has 2 N–H and O–H groups in total. The van der Waals surface area contributed by atoms with Crippen LogP contribution >= 0.6 is 46.6 Å². The number of rotatable bonds is 2. The lowest BCUT2D eigenvalue weighted by Gasteiger charge is -2.34. The predicted molar refractivity (Wildman–Crippen MR) is 93.7 cm³/mol. The number of amides is 1. The van der Waals surface area contributed by atoms with Crippen LogP contribution in [0.4, 0.5) is 0 Å². The van der Waals surface area contributed by atoms with Crippen LogP contribution in [0.2, 0.25) is 5.02 Å². The molecule has 0 saturated carbocycles. The van der Waals surface area contributed by atoms with Gasteiger partial charge in [0, 0.05) is 28.3 Å². The summed E-state index contributed by atoms with van der Waals surface area (Å²) in [4.78, 5) is 14.4. The summed E-state index contributed by atoms with van der Waals surface area (Å²) < 4.78 is 0.908. The topological polar surface area (TPSA) is 46.3 Å². The van der Waals surface area contributed by atoms with E-state index in [1.807, 2.05) is 17.9 Å². The molecule has 2 rings (SSSR count). The van der Waals surface area contributed by atoms with Crippen LogP contribution in [0.1, 0.15) is 30.1 Å². The Labute approximate surface area is 144 Å². The maximum atomic E-state index is 12.5. The first-order chi connectivity index (χ1) is 8.99. The quantitative estimate of drug-likeness (QED) is 0.732. The summed E-state index contributed by atoms with van der Waals surface area (Å²) in [5.41, 5.74) is 6.66. The highest BCUT2D eigenvalue weighted by Gasteiger charge is 2.26. The van der Waals surface area contributed by atoms with Crippen molar-refractivity contribution in [2.24, 2.45) is 11.7 Å². The van der Waals surface area contributed by atoms with E-state index in [2.05, 4.69) is 22.6 Å². The van der Waals surface area contributed by atoms with Gasteiger partial charge in [-0.3, -0.25) is 4.79 Å². The van der Waals surface area contributed by atoms with E-state index in [9.17, 15) is 4.79 Å². The highest BCUT2D eigenvalue weighted by Crippen LogP contribution is 2.23. The van der Waals surface area contributed by atoms with Gasteiger partial charge >= 0.3 is 0 Å². The van der Waals surface area contributed by atoms with E-state index in [0.717, 1.165) is 29.5 Å². The monoisotopic (exact) mass is 428 g/mol. The fourth-order valence-corrected chi connectivity index (χ4v) is 3.07. The Hall–Kier alpha value is -0.0400. The summed E-state index contributed by atoms with van der Waals surface area (Å²) in [7, 11) is 0. The summed E-state index contributed by atoms with van der Waals surface area (Å²) >= 11 is 8.13. The van der Waals surface area contributed by atoms with Gasteiger partial charge in [0.1, 0.15) is 0 Å². The number of carbonyl (C=O) groups excluding carboxylic acids is 1. The van der Waals surface area contributed by atoms with Crippen LogP contribution in [0, 0.1) is 9.49 Å². The molecule has 1 heterocycles. The van der Waals surface area contributed by atoms with Gasteiger partial charge in [0.05, 0.1) is 5.02 Å². The average Bonchev–Trinajstić information content (AvgIpc) is 2.41. The van der Waals surface area contributed by atoms with Crippen LogP contribution in [0.15, 0.2) is 18.2 Å². The molecule has 0 spiro atoms. The van der Waals surface area contributed by atoms with Crippen molar-refractivity contribution in [2.75, 3.05) is 13.1 Å². The van der Waals surface area contributed by atoms with Crippen molar-refractivity contribution in [1.82, 2.24) is 4.90 Å². The third-order valence-corrected chi connectivity index (χ3v) is 5.20. The predicted octanol–water partition coefficient (Wildman–Crippen LogP) is 3.57.